The third-order valence-electron chi connectivity index (χ3n) is 1.92. The van der Waals surface area contributed by atoms with E-state index in [2.05, 4.69) is 10.4 Å². The van der Waals surface area contributed by atoms with Crippen molar-refractivity contribution in [2.75, 3.05) is 5.32 Å². The van der Waals surface area contributed by atoms with Crippen molar-refractivity contribution in [2.45, 2.75) is 0 Å². The molecule has 2 aromatic heterocycles. The molecule has 0 fully saturated rings. The highest BCUT2D eigenvalue weighted by atomic mass is 16.4. The first-order valence-electron chi connectivity index (χ1n) is 4.13. The van der Waals surface area contributed by atoms with Crippen LogP contribution < -0.4 is 11.0 Å². The number of aromatic nitrogens is 3. The molecular formula is C8H8N4O3. The summed E-state index contributed by atoms with van der Waals surface area (Å²) >= 11 is 0. The molecule has 0 unspecified atom stereocenters. The highest BCUT2D eigenvalue weighted by Crippen LogP contribution is 2.08. The van der Waals surface area contributed by atoms with Gasteiger partial charge in [-0.25, -0.2) is 14.3 Å². The Bertz CT molecular complexity index is 583. The zero-order valence-corrected chi connectivity index (χ0v) is 7.84. The maximum Gasteiger partial charge on any atom is 0.409 e. The summed E-state index contributed by atoms with van der Waals surface area (Å²) in [7, 11) is 1.53. The lowest BCUT2D eigenvalue weighted by Crippen LogP contribution is -2.17. The van der Waals surface area contributed by atoms with Gasteiger partial charge < -0.3 is 5.11 Å². The molecular weight excluding hydrogens is 200 g/mol. The van der Waals surface area contributed by atoms with Gasteiger partial charge in [-0.05, 0) is 6.07 Å². The number of nitrogens with one attached hydrogen (secondary N) is 1. The van der Waals surface area contributed by atoms with Crippen LogP contribution in [0.5, 0.6) is 0 Å². The topological polar surface area (TPSA) is 88.6 Å². The number of hydrogen-bond donors (Lipinski definition) is 2. The van der Waals surface area contributed by atoms with E-state index in [0.29, 0.717) is 11.3 Å². The number of carbonyl (C=O) groups is 1. The van der Waals surface area contributed by atoms with Gasteiger partial charge in [0.1, 0.15) is 0 Å². The van der Waals surface area contributed by atoms with E-state index in [9.17, 15) is 9.59 Å². The van der Waals surface area contributed by atoms with Crippen molar-refractivity contribution in [2.24, 2.45) is 7.05 Å². The van der Waals surface area contributed by atoms with Gasteiger partial charge in [0.15, 0.2) is 5.65 Å². The lowest BCUT2D eigenvalue weighted by atomic mass is 10.4. The second-order valence-electron chi connectivity index (χ2n) is 2.98. The molecule has 0 spiro atoms. The Morgan fingerprint density at radius 3 is 3.00 bits per heavy atom. The van der Waals surface area contributed by atoms with E-state index in [1.54, 1.807) is 0 Å². The van der Waals surface area contributed by atoms with Gasteiger partial charge in [-0.1, -0.05) is 0 Å². The van der Waals surface area contributed by atoms with Crippen molar-refractivity contribution in [3.8, 4) is 0 Å². The predicted octanol–water partition coefficient (Wildman–Crippen LogP) is 0.123. The van der Waals surface area contributed by atoms with Gasteiger partial charge in [-0.3, -0.25) is 9.72 Å². The van der Waals surface area contributed by atoms with E-state index in [-0.39, 0.29) is 5.69 Å². The van der Waals surface area contributed by atoms with Crippen LogP contribution in [-0.2, 0) is 7.05 Å². The molecule has 7 heteroatoms. The van der Waals surface area contributed by atoms with Crippen molar-refractivity contribution in [1.29, 1.82) is 0 Å². The summed E-state index contributed by atoms with van der Waals surface area (Å²) in [6.07, 6.45) is 0.313. The van der Waals surface area contributed by atoms with Crippen molar-refractivity contribution < 1.29 is 9.90 Å². The minimum absolute atomic E-state index is 0.271. The molecule has 0 bridgehead atoms. The molecule has 15 heavy (non-hydrogen) atoms. The number of rotatable bonds is 1. The average molecular weight is 208 g/mol. The zero-order valence-electron chi connectivity index (χ0n) is 7.84. The highest BCUT2D eigenvalue weighted by molar-refractivity contribution is 5.83. The number of hydrogen-bond acceptors (Lipinski definition) is 3. The van der Waals surface area contributed by atoms with E-state index in [4.69, 9.17) is 5.11 Å². The third-order valence-corrected chi connectivity index (χ3v) is 1.92. The first-order chi connectivity index (χ1) is 7.08. The molecule has 0 aliphatic heterocycles. The van der Waals surface area contributed by atoms with Crippen LogP contribution in [0.3, 0.4) is 0 Å². The minimum Gasteiger partial charge on any atom is -0.465 e. The summed E-state index contributed by atoms with van der Waals surface area (Å²) in [5.41, 5.74) is 0.501. The maximum atomic E-state index is 11.4. The van der Waals surface area contributed by atoms with Crippen LogP contribution >= 0.6 is 0 Å². The monoisotopic (exact) mass is 208 g/mol. The van der Waals surface area contributed by atoms with Gasteiger partial charge in [0.05, 0.1) is 0 Å². The largest absolute Gasteiger partial charge is 0.465 e. The van der Waals surface area contributed by atoms with Crippen LogP contribution in [0.15, 0.2) is 23.1 Å². The van der Waals surface area contributed by atoms with Gasteiger partial charge in [0.2, 0.25) is 0 Å². The quantitative estimate of drug-likeness (QED) is 0.696. The van der Waals surface area contributed by atoms with Gasteiger partial charge >= 0.3 is 11.8 Å². The Morgan fingerprint density at radius 1 is 1.60 bits per heavy atom. The number of carboxylic acid groups (broad SMARTS) is 1. The number of aryl methyl sites for hydroxylation is 1. The molecule has 0 atom stereocenters. The SMILES string of the molecule is Cn1nc2cc(NC(=O)O)ccn2c1=O. The second kappa shape index (κ2) is 3.12. The van der Waals surface area contributed by atoms with Crippen LogP contribution in [0.4, 0.5) is 10.5 Å². The molecule has 1 amide bonds. The van der Waals surface area contributed by atoms with Gasteiger partial charge in [0, 0.05) is 25.0 Å². The van der Waals surface area contributed by atoms with Crippen LogP contribution in [0.2, 0.25) is 0 Å². The van der Waals surface area contributed by atoms with E-state index >= 15 is 0 Å². The first kappa shape index (κ1) is 9.25. The number of amides is 1. The number of fused-ring (bicyclic) bond motifs is 1. The van der Waals surface area contributed by atoms with Gasteiger partial charge in [-0.15, -0.1) is 0 Å². The second-order valence-corrected chi connectivity index (χ2v) is 2.98. The Kier molecular flexibility index (Phi) is 1.93. The fourth-order valence-electron chi connectivity index (χ4n) is 1.28. The van der Waals surface area contributed by atoms with Crippen LogP contribution in [0, 0.1) is 0 Å². The normalized spacial score (nSPS) is 10.5. The van der Waals surface area contributed by atoms with E-state index < -0.39 is 6.09 Å². The minimum atomic E-state index is -1.15. The molecule has 2 N–H and O–H groups in total. The number of pyridine rings is 1. The summed E-state index contributed by atoms with van der Waals surface area (Å²) in [4.78, 5) is 21.8. The van der Waals surface area contributed by atoms with Gasteiger partial charge in [0.25, 0.3) is 0 Å². The van der Waals surface area contributed by atoms with E-state index in [1.165, 1.54) is 34.5 Å². The Balaban J connectivity index is 2.57. The molecule has 2 aromatic rings. The molecule has 0 aliphatic rings. The Labute approximate surface area is 83.6 Å². The molecule has 0 saturated carbocycles. The Hall–Kier alpha value is -2.31. The van der Waals surface area contributed by atoms with Crippen molar-refractivity contribution in [3.05, 3.63) is 28.8 Å². The molecule has 78 valence electrons. The summed E-state index contributed by atoms with van der Waals surface area (Å²) in [6, 6.07) is 2.97. The summed E-state index contributed by atoms with van der Waals surface area (Å²) in [6.45, 7) is 0. The Morgan fingerprint density at radius 2 is 2.33 bits per heavy atom. The predicted molar refractivity (Wildman–Crippen MR) is 52.1 cm³/mol. The first-order valence-corrected chi connectivity index (χ1v) is 4.13. The van der Waals surface area contributed by atoms with Gasteiger partial charge in [-0.2, -0.15) is 5.10 Å². The lowest BCUT2D eigenvalue weighted by Gasteiger charge is -1.99. The zero-order chi connectivity index (χ0) is 11.0. The fourth-order valence-corrected chi connectivity index (χ4v) is 1.28. The molecule has 0 aliphatic carbocycles. The van der Waals surface area contributed by atoms with Crippen LogP contribution in [0.1, 0.15) is 0 Å². The highest BCUT2D eigenvalue weighted by Gasteiger charge is 2.05. The number of anilines is 1. The van der Waals surface area contributed by atoms with Crippen molar-refractivity contribution in [1.82, 2.24) is 14.2 Å². The average Bonchev–Trinajstić information content (AvgIpc) is 2.41. The molecule has 2 rings (SSSR count). The number of nitrogens with zero attached hydrogens (tertiary/aromatic N) is 3. The molecule has 2 heterocycles. The molecule has 0 radical (unpaired) electrons. The molecule has 0 aromatic carbocycles. The van der Waals surface area contributed by atoms with Crippen LogP contribution in [0.25, 0.3) is 5.65 Å². The third kappa shape index (κ3) is 1.54. The fraction of sp³-hybridized carbons (Fsp3) is 0.125. The summed E-state index contributed by atoms with van der Waals surface area (Å²) in [5.74, 6) is 0. The van der Waals surface area contributed by atoms with Crippen LogP contribution in [-0.4, -0.2) is 25.4 Å². The van der Waals surface area contributed by atoms with E-state index in [1.807, 2.05) is 0 Å². The summed E-state index contributed by atoms with van der Waals surface area (Å²) < 4.78 is 2.51. The standard InChI is InChI=1S/C8H8N4O3/c1-11-8(15)12-3-2-5(9-7(13)14)4-6(12)10-11/h2-4,9H,1H3,(H,13,14). The van der Waals surface area contributed by atoms with Crippen molar-refractivity contribution >= 4 is 17.4 Å². The van der Waals surface area contributed by atoms with E-state index in [0.717, 1.165) is 0 Å². The smallest absolute Gasteiger partial charge is 0.409 e. The lowest BCUT2D eigenvalue weighted by molar-refractivity contribution is 0.210. The maximum absolute atomic E-state index is 11.4. The molecule has 7 nitrogen and oxygen atoms in total. The summed E-state index contributed by atoms with van der Waals surface area (Å²) in [5, 5.41) is 14.6. The molecule has 0 saturated heterocycles. The van der Waals surface area contributed by atoms with Crippen molar-refractivity contribution in [3.63, 3.8) is 0 Å².